The third-order valence-electron chi connectivity index (χ3n) is 11.5. The van der Waals surface area contributed by atoms with Crippen LogP contribution in [0, 0.1) is 13.1 Å². The second kappa shape index (κ2) is 16.5. The van der Waals surface area contributed by atoms with Crippen molar-refractivity contribution in [3.05, 3.63) is 229 Å². The van der Waals surface area contributed by atoms with E-state index in [1.807, 2.05) is 121 Å². The Balaban J connectivity index is 1.21. The molecule has 0 radical (unpaired) electrons. The molecule has 0 aliphatic carbocycles. The van der Waals surface area contributed by atoms with Crippen molar-refractivity contribution in [2.75, 3.05) is 0 Å². The summed E-state index contributed by atoms with van der Waals surface area (Å²) in [5.74, 6) is 2.25. The van der Waals surface area contributed by atoms with Gasteiger partial charge in [-0.15, -0.1) is 0 Å². The number of benzene rings is 8. The Morgan fingerprint density at radius 1 is 0.323 bits per heavy atom. The van der Waals surface area contributed by atoms with Gasteiger partial charge in [0.05, 0.1) is 41.3 Å². The number of aromatic nitrogens is 6. The summed E-state index contributed by atoms with van der Waals surface area (Å²) >= 11 is 0. The molecule has 65 heavy (non-hydrogen) atoms. The topological polar surface area (TPSA) is 78.1 Å². The van der Waals surface area contributed by atoms with Crippen molar-refractivity contribution in [1.82, 2.24) is 29.5 Å². The quantitative estimate of drug-likeness (QED) is 0.143. The second-order valence-electron chi connectivity index (χ2n) is 15.5. The zero-order valence-electron chi connectivity index (χ0n) is 34.7. The van der Waals surface area contributed by atoms with Crippen LogP contribution in [0.25, 0.3) is 116 Å². The number of para-hydroxylation sites is 1. The molecule has 0 bridgehead atoms. The van der Waals surface area contributed by atoms with Gasteiger partial charge in [0.25, 0.3) is 0 Å². The van der Waals surface area contributed by atoms with E-state index in [9.17, 15) is 0 Å². The molecule has 0 N–H and O–H groups in total. The second-order valence-corrected chi connectivity index (χ2v) is 15.5. The zero-order chi connectivity index (χ0) is 43.7. The Morgan fingerprint density at radius 3 is 1.38 bits per heavy atom. The van der Waals surface area contributed by atoms with Gasteiger partial charge in [-0.25, -0.2) is 34.6 Å². The molecule has 302 valence electrons. The molecule has 8 nitrogen and oxygen atoms in total. The lowest BCUT2D eigenvalue weighted by Gasteiger charge is -2.17. The van der Waals surface area contributed by atoms with Crippen LogP contribution < -0.4 is 0 Å². The molecular weight excluding hydrogens is 797 g/mol. The molecule has 11 rings (SSSR count). The van der Waals surface area contributed by atoms with Gasteiger partial charge in [0.1, 0.15) is 0 Å². The maximum Gasteiger partial charge on any atom is 0.177 e. The number of nitrogens with zero attached hydrogens (tertiary/aromatic N) is 8. The van der Waals surface area contributed by atoms with E-state index in [1.165, 1.54) is 0 Å². The monoisotopic (exact) mass is 830 g/mol. The van der Waals surface area contributed by atoms with Crippen molar-refractivity contribution in [3.8, 4) is 84.9 Å². The Bertz CT molecular complexity index is 3520. The van der Waals surface area contributed by atoms with Crippen molar-refractivity contribution in [2.24, 2.45) is 0 Å². The Kier molecular flexibility index (Phi) is 9.78. The molecule has 11 aromatic rings. The lowest BCUT2D eigenvalue weighted by molar-refractivity contribution is 1.07. The van der Waals surface area contributed by atoms with Gasteiger partial charge in [-0.1, -0.05) is 170 Å². The summed E-state index contributed by atoms with van der Waals surface area (Å²) in [4.78, 5) is 33.1. The molecular formula is C57H34N8. The van der Waals surface area contributed by atoms with E-state index in [1.54, 1.807) is 6.07 Å². The van der Waals surface area contributed by atoms with E-state index in [4.69, 9.17) is 38.1 Å². The number of rotatable bonds is 8. The fourth-order valence-electron chi connectivity index (χ4n) is 8.37. The fraction of sp³-hybridized carbons (Fsp3) is 0. The first-order valence-corrected chi connectivity index (χ1v) is 21.1. The van der Waals surface area contributed by atoms with Crippen LogP contribution >= 0.6 is 0 Å². The molecule has 0 atom stereocenters. The zero-order valence-corrected chi connectivity index (χ0v) is 34.7. The van der Waals surface area contributed by atoms with E-state index < -0.39 is 0 Å². The summed E-state index contributed by atoms with van der Waals surface area (Å²) in [5.41, 5.74) is 12.1. The van der Waals surface area contributed by atoms with Crippen LogP contribution in [0.4, 0.5) is 11.4 Å². The summed E-state index contributed by atoms with van der Waals surface area (Å²) in [5, 5.41) is 2.14. The van der Waals surface area contributed by atoms with E-state index in [0.717, 1.165) is 77.7 Å². The minimum Gasteiger partial charge on any atom is -0.309 e. The van der Waals surface area contributed by atoms with Crippen molar-refractivity contribution < 1.29 is 0 Å². The van der Waals surface area contributed by atoms with Gasteiger partial charge in [-0.2, -0.15) is 0 Å². The van der Waals surface area contributed by atoms with Crippen LogP contribution in [0.1, 0.15) is 0 Å². The van der Waals surface area contributed by atoms with Gasteiger partial charge in [0.15, 0.2) is 34.7 Å². The summed E-state index contributed by atoms with van der Waals surface area (Å²) in [7, 11) is 0. The first-order valence-electron chi connectivity index (χ1n) is 21.1. The van der Waals surface area contributed by atoms with Crippen LogP contribution in [-0.4, -0.2) is 29.5 Å². The molecule has 0 amide bonds. The SMILES string of the molecule is [C-]#[N+]c1cc([N+]#[C-])cc(-c2ccc3c4ccccc4n(-c4ccc(-c5nc(-c6ccccc6)nc(-c6ccccc6)n5)cc4-c4cc(-c5ccccc5)nc(-c5ccccc5)n4)c3c2)c1. The molecule has 3 aromatic heterocycles. The standard InChI is InChI=1S/C57H34N8/c1-58-44-31-43(32-45(35-44)59-2)41-27-29-47-46-25-15-16-26-51(46)65(53(47)34-41)52-30-28-42(57-63-55(39-21-11-5-12-22-39)62-56(64-57)40-23-13-6-14-24-40)33-48(52)50-36-49(37-17-7-3-8-18-37)60-54(61-50)38-19-9-4-10-20-38/h3-36H. The number of hydrogen-bond acceptors (Lipinski definition) is 5. The molecule has 0 fully saturated rings. The molecule has 0 saturated heterocycles. The first-order chi connectivity index (χ1) is 32.1. The van der Waals surface area contributed by atoms with Crippen LogP contribution in [-0.2, 0) is 0 Å². The molecule has 0 spiro atoms. The smallest absolute Gasteiger partial charge is 0.177 e. The summed E-state index contributed by atoms with van der Waals surface area (Å²) < 4.78 is 2.28. The minimum atomic E-state index is 0.420. The molecule has 0 aliphatic heterocycles. The molecule has 3 heterocycles. The maximum atomic E-state index is 7.76. The predicted octanol–water partition coefficient (Wildman–Crippen LogP) is 14.5. The maximum absolute atomic E-state index is 7.76. The number of fused-ring (bicyclic) bond motifs is 3. The molecule has 8 heteroatoms. The highest BCUT2D eigenvalue weighted by Gasteiger charge is 2.22. The van der Waals surface area contributed by atoms with Gasteiger partial charge < -0.3 is 4.57 Å². The van der Waals surface area contributed by atoms with Crippen molar-refractivity contribution in [3.63, 3.8) is 0 Å². The summed E-state index contributed by atoms with van der Waals surface area (Å²) in [6, 6.07) is 68.6. The molecule has 0 saturated carbocycles. The first kappa shape index (κ1) is 38.5. The van der Waals surface area contributed by atoms with Gasteiger partial charge in [-0.3, -0.25) is 0 Å². The van der Waals surface area contributed by atoms with Crippen LogP contribution in [0.5, 0.6) is 0 Å². The Labute approximate surface area is 375 Å². The van der Waals surface area contributed by atoms with Crippen LogP contribution in [0.2, 0.25) is 0 Å². The highest BCUT2D eigenvalue weighted by Crippen LogP contribution is 2.41. The number of hydrogen-bond donors (Lipinski definition) is 0. The van der Waals surface area contributed by atoms with Crippen molar-refractivity contribution >= 4 is 33.2 Å². The van der Waals surface area contributed by atoms with E-state index in [0.29, 0.717) is 40.4 Å². The normalized spacial score (nSPS) is 11.0. The van der Waals surface area contributed by atoms with Gasteiger partial charge in [0, 0.05) is 44.2 Å². The third-order valence-corrected chi connectivity index (χ3v) is 11.5. The van der Waals surface area contributed by atoms with Crippen molar-refractivity contribution in [2.45, 2.75) is 0 Å². The lowest BCUT2D eigenvalue weighted by Crippen LogP contribution is -2.03. The minimum absolute atomic E-state index is 0.420. The van der Waals surface area contributed by atoms with Crippen LogP contribution in [0.3, 0.4) is 0 Å². The average molecular weight is 831 g/mol. The highest BCUT2D eigenvalue weighted by atomic mass is 15.0. The molecule has 8 aromatic carbocycles. The third kappa shape index (κ3) is 7.34. The van der Waals surface area contributed by atoms with Crippen LogP contribution in [0.15, 0.2) is 206 Å². The predicted molar refractivity (Wildman–Crippen MR) is 260 cm³/mol. The van der Waals surface area contributed by atoms with Gasteiger partial charge >= 0.3 is 0 Å². The van der Waals surface area contributed by atoms with E-state index >= 15 is 0 Å². The Morgan fingerprint density at radius 2 is 0.800 bits per heavy atom. The van der Waals surface area contributed by atoms with Gasteiger partial charge in [0.2, 0.25) is 0 Å². The summed E-state index contributed by atoms with van der Waals surface area (Å²) in [6.45, 7) is 15.5. The van der Waals surface area contributed by atoms with Gasteiger partial charge in [-0.05, 0) is 47.5 Å². The van der Waals surface area contributed by atoms with Crippen molar-refractivity contribution in [1.29, 1.82) is 0 Å². The average Bonchev–Trinajstić information content (AvgIpc) is 3.72. The van der Waals surface area contributed by atoms with E-state index in [-0.39, 0.29) is 0 Å². The fourth-order valence-corrected chi connectivity index (χ4v) is 8.37. The molecule has 0 aliphatic rings. The largest absolute Gasteiger partial charge is 0.309 e. The highest BCUT2D eigenvalue weighted by molar-refractivity contribution is 6.11. The molecule has 0 unspecified atom stereocenters. The van der Waals surface area contributed by atoms with E-state index in [2.05, 4.69) is 93.1 Å². The summed E-state index contributed by atoms with van der Waals surface area (Å²) in [6.07, 6.45) is 0. The Hall–Kier alpha value is -9.37. The lowest BCUT2D eigenvalue weighted by atomic mass is 10.0.